The van der Waals surface area contributed by atoms with Crippen molar-refractivity contribution >= 4 is 27.7 Å². The van der Waals surface area contributed by atoms with Crippen LogP contribution in [-0.4, -0.2) is 21.2 Å². The van der Waals surface area contributed by atoms with Gasteiger partial charge in [0, 0.05) is 54.0 Å². The third kappa shape index (κ3) is 3.68. The molecule has 0 bridgehead atoms. The smallest absolute Gasteiger partial charge is 0.217 e. The number of aromatic hydroxyl groups is 1. The summed E-state index contributed by atoms with van der Waals surface area (Å²) in [5.41, 5.74) is 4.24. The van der Waals surface area contributed by atoms with Crippen molar-refractivity contribution < 1.29 is 30.9 Å². The van der Waals surface area contributed by atoms with Gasteiger partial charge in [0.2, 0.25) is 5.88 Å². The van der Waals surface area contributed by atoms with Gasteiger partial charge >= 0.3 is 0 Å². The van der Waals surface area contributed by atoms with Crippen LogP contribution in [0.3, 0.4) is 0 Å². The predicted octanol–water partition coefficient (Wildman–Crippen LogP) is 6.42. The molecule has 1 aliphatic heterocycles. The summed E-state index contributed by atoms with van der Waals surface area (Å²) in [5.74, 6) is 1.13. The molecule has 0 radical (unpaired) electrons. The Morgan fingerprint density at radius 1 is 0.970 bits per heavy atom. The molecule has 2 aliphatic rings. The van der Waals surface area contributed by atoms with Gasteiger partial charge < -0.3 is 14.8 Å². The topological polar surface area (TPSA) is 54.7 Å². The van der Waals surface area contributed by atoms with Crippen LogP contribution in [0.1, 0.15) is 35.8 Å². The number of benzene rings is 3. The van der Waals surface area contributed by atoms with Crippen LogP contribution in [0.25, 0.3) is 10.9 Å². The molecule has 0 fully saturated rings. The third-order valence-electron chi connectivity index (χ3n) is 6.37. The fourth-order valence-corrected chi connectivity index (χ4v) is 6.25. The van der Waals surface area contributed by atoms with E-state index in [9.17, 15) is 5.11 Å². The molecular formula is C27H21N2O2PtS-. The summed E-state index contributed by atoms with van der Waals surface area (Å²) in [4.78, 5) is 9.59. The maximum absolute atomic E-state index is 10.1. The molecule has 0 amide bonds. The van der Waals surface area contributed by atoms with Crippen molar-refractivity contribution in [3.05, 3.63) is 95.6 Å². The number of hydrogen-bond acceptors (Lipinski definition) is 5. The monoisotopic (exact) mass is 632 g/mol. The summed E-state index contributed by atoms with van der Waals surface area (Å²) in [7, 11) is 0. The molecule has 2 heterocycles. The number of rotatable bonds is 3. The molecule has 1 N–H and O–H groups in total. The summed E-state index contributed by atoms with van der Waals surface area (Å²) >= 11 is 1.81. The SMILES string of the molecule is CC1(C)c2ccccc2[C@@H]2SC(c3[c-]c(Oc4ccc5cccc(O)c5n4)ccc3)=N[C@H]21.[Pt]. The number of phenolic OH excluding ortho intramolecular Hbond substituents is 1. The minimum Gasteiger partial charge on any atom is -0.506 e. The molecule has 168 valence electrons. The Balaban J connectivity index is 0.00000228. The minimum atomic E-state index is 0. The Hall–Kier alpha value is -2.62. The first-order chi connectivity index (χ1) is 15.5. The normalized spacial score (nSPS) is 20.0. The number of aromatic nitrogens is 1. The van der Waals surface area contributed by atoms with E-state index >= 15 is 0 Å². The number of para-hydroxylation sites is 1. The van der Waals surface area contributed by atoms with Crippen molar-refractivity contribution in [3.8, 4) is 17.4 Å². The Bertz CT molecular complexity index is 1400. The second-order valence-corrected chi connectivity index (χ2v) is 9.89. The van der Waals surface area contributed by atoms with Gasteiger partial charge in [0.1, 0.15) is 11.3 Å². The Morgan fingerprint density at radius 3 is 2.67 bits per heavy atom. The molecular weight excluding hydrogens is 611 g/mol. The van der Waals surface area contributed by atoms with Crippen molar-refractivity contribution in [3.63, 3.8) is 0 Å². The molecule has 1 aromatic heterocycles. The van der Waals surface area contributed by atoms with Crippen molar-refractivity contribution in [2.75, 3.05) is 0 Å². The third-order valence-corrected chi connectivity index (χ3v) is 7.68. The summed E-state index contributed by atoms with van der Waals surface area (Å²) in [6.07, 6.45) is 0. The van der Waals surface area contributed by atoms with Gasteiger partial charge in [-0.05, 0) is 23.3 Å². The van der Waals surface area contributed by atoms with Crippen LogP contribution in [0.4, 0.5) is 0 Å². The quantitative estimate of drug-likeness (QED) is 0.265. The molecule has 4 aromatic rings. The maximum Gasteiger partial charge on any atom is 0.217 e. The number of hydrogen-bond donors (Lipinski definition) is 1. The van der Waals surface area contributed by atoms with Crippen LogP contribution in [-0.2, 0) is 26.5 Å². The summed E-state index contributed by atoms with van der Waals surface area (Å²) in [6, 6.07) is 27.1. The molecule has 0 saturated heterocycles. The molecule has 0 saturated carbocycles. The summed E-state index contributed by atoms with van der Waals surface area (Å²) in [5, 5.41) is 12.3. The first kappa shape index (κ1) is 22.2. The van der Waals surface area contributed by atoms with Gasteiger partial charge in [-0.3, -0.25) is 0 Å². The fraction of sp³-hybridized carbons (Fsp3) is 0.185. The van der Waals surface area contributed by atoms with E-state index in [1.807, 2.05) is 42.1 Å². The van der Waals surface area contributed by atoms with Gasteiger partial charge in [0.05, 0.1) is 6.04 Å². The Morgan fingerprint density at radius 2 is 1.79 bits per heavy atom. The molecule has 1 aliphatic carbocycles. The van der Waals surface area contributed by atoms with E-state index < -0.39 is 0 Å². The van der Waals surface area contributed by atoms with Crippen molar-refractivity contribution in [2.45, 2.75) is 30.6 Å². The van der Waals surface area contributed by atoms with Crippen LogP contribution >= 0.6 is 11.8 Å². The van der Waals surface area contributed by atoms with Gasteiger partial charge in [-0.1, -0.05) is 56.3 Å². The van der Waals surface area contributed by atoms with E-state index in [0.717, 1.165) is 16.0 Å². The van der Waals surface area contributed by atoms with E-state index in [0.29, 0.717) is 22.4 Å². The minimum absolute atomic E-state index is 0. The number of phenols is 1. The zero-order valence-electron chi connectivity index (χ0n) is 18.1. The zero-order chi connectivity index (χ0) is 21.9. The van der Waals surface area contributed by atoms with E-state index in [1.165, 1.54) is 11.1 Å². The second kappa shape index (κ2) is 8.30. The zero-order valence-corrected chi connectivity index (χ0v) is 21.1. The molecule has 3 aromatic carbocycles. The summed E-state index contributed by atoms with van der Waals surface area (Å²) < 4.78 is 5.99. The number of thioether (sulfide) groups is 1. The fourth-order valence-electron chi connectivity index (χ4n) is 4.72. The number of fused-ring (bicyclic) bond motifs is 4. The van der Waals surface area contributed by atoms with Crippen LogP contribution in [0.5, 0.6) is 17.4 Å². The van der Waals surface area contributed by atoms with Crippen molar-refractivity contribution in [1.29, 1.82) is 0 Å². The first-order valence-electron chi connectivity index (χ1n) is 10.6. The summed E-state index contributed by atoms with van der Waals surface area (Å²) in [6.45, 7) is 4.57. The van der Waals surface area contributed by atoms with Gasteiger partial charge in [-0.15, -0.1) is 35.5 Å². The van der Waals surface area contributed by atoms with Gasteiger partial charge in [0.15, 0.2) is 0 Å². The average molecular weight is 633 g/mol. The molecule has 4 nitrogen and oxygen atoms in total. The van der Waals surface area contributed by atoms with E-state index in [-0.39, 0.29) is 38.3 Å². The number of aliphatic imine (C=N–C) groups is 1. The standard InChI is InChI=1S/C27H21N2O2S.Pt/c1-27(2)20-11-4-3-10-19(20)24-25(27)29-26(32-24)17-8-5-9-18(15-17)31-22-14-13-16-7-6-12-21(30)23(16)28-22;/h3-14,24-25,30H,1-2H3;/q-1;/t24-,25+;/m0./s1. The molecule has 2 atom stereocenters. The van der Waals surface area contributed by atoms with Gasteiger partial charge in [-0.25, -0.2) is 4.98 Å². The molecule has 6 heteroatoms. The van der Waals surface area contributed by atoms with E-state index in [1.54, 1.807) is 18.2 Å². The number of pyridine rings is 1. The maximum atomic E-state index is 10.1. The Kier molecular flexibility index (Phi) is 5.58. The molecule has 0 spiro atoms. The van der Waals surface area contributed by atoms with Crippen LogP contribution in [0.2, 0.25) is 0 Å². The largest absolute Gasteiger partial charge is 0.506 e. The molecule has 33 heavy (non-hydrogen) atoms. The molecule has 6 rings (SSSR count). The second-order valence-electron chi connectivity index (χ2n) is 8.76. The van der Waals surface area contributed by atoms with Crippen LogP contribution < -0.4 is 4.74 Å². The Labute approximate surface area is 211 Å². The van der Waals surface area contributed by atoms with Crippen molar-refractivity contribution in [1.82, 2.24) is 4.98 Å². The average Bonchev–Trinajstić information content (AvgIpc) is 3.34. The number of ether oxygens (including phenoxy) is 1. The molecule has 0 unspecified atom stereocenters. The van der Waals surface area contributed by atoms with Crippen molar-refractivity contribution in [2.24, 2.45) is 4.99 Å². The predicted molar refractivity (Wildman–Crippen MR) is 129 cm³/mol. The van der Waals surface area contributed by atoms with Gasteiger partial charge in [0.25, 0.3) is 0 Å². The van der Waals surface area contributed by atoms with E-state index in [2.05, 4.69) is 49.2 Å². The van der Waals surface area contributed by atoms with E-state index in [4.69, 9.17) is 9.73 Å². The van der Waals surface area contributed by atoms with Gasteiger partial charge in [-0.2, -0.15) is 0 Å². The van der Waals surface area contributed by atoms with Crippen LogP contribution in [0, 0.1) is 6.07 Å². The van der Waals surface area contributed by atoms with Crippen LogP contribution in [0.15, 0.2) is 77.8 Å². The first-order valence-corrected chi connectivity index (χ1v) is 11.5. The number of nitrogens with zero attached hydrogens (tertiary/aromatic N) is 2.